The number of aromatic nitrogens is 4. The Balaban J connectivity index is 1.02. The van der Waals surface area contributed by atoms with Gasteiger partial charge in [-0.2, -0.15) is 0 Å². The van der Waals surface area contributed by atoms with Crippen molar-refractivity contribution in [2.75, 3.05) is 0 Å². The van der Waals surface area contributed by atoms with E-state index in [1.54, 1.807) is 0 Å². The summed E-state index contributed by atoms with van der Waals surface area (Å²) in [6.45, 7) is 0. The molecule has 5 heteroatoms. The maximum atomic E-state index is 5.08. The van der Waals surface area contributed by atoms with Crippen molar-refractivity contribution in [1.29, 1.82) is 0 Å². The van der Waals surface area contributed by atoms with Gasteiger partial charge in [0.1, 0.15) is 0 Å². The predicted octanol–water partition coefficient (Wildman–Crippen LogP) is 13.7. The van der Waals surface area contributed by atoms with E-state index in [1.807, 2.05) is 47.7 Å². The topological polar surface area (TPSA) is 43.1 Å². The Labute approximate surface area is 326 Å². The van der Waals surface area contributed by atoms with Gasteiger partial charge in [-0.25, -0.2) is 15.0 Å². The van der Waals surface area contributed by atoms with E-state index in [0.29, 0.717) is 17.5 Å². The molecular weight excluding hydrogens is 701 g/mol. The van der Waals surface area contributed by atoms with Crippen LogP contribution in [0.25, 0.3) is 115 Å². The summed E-state index contributed by atoms with van der Waals surface area (Å²) < 4.78 is 5.17. The summed E-state index contributed by atoms with van der Waals surface area (Å²) in [7, 11) is 0. The van der Waals surface area contributed by atoms with Gasteiger partial charge in [0.2, 0.25) is 0 Å². The number of fused-ring (bicyclic) bond motifs is 6. The average molecular weight is 731 g/mol. The second kappa shape index (κ2) is 12.2. The lowest BCUT2D eigenvalue weighted by Crippen LogP contribution is -2.00. The summed E-state index contributed by atoms with van der Waals surface area (Å²) in [5.74, 6) is 1.93. The summed E-state index contributed by atoms with van der Waals surface area (Å²) >= 11 is 1.89. The second-order valence-electron chi connectivity index (χ2n) is 14.4. The molecule has 0 aliphatic heterocycles. The summed E-state index contributed by atoms with van der Waals surface area (Å²) in [5, 5.41) is 7.83. The second-order valence-corrected chi connectivity index (χ2v) is 15.5. The van der Waals surface area contributed by atoms with Crippen LogP contribution in [0.3, 0.4) is 0 Å². The van der Waals surface area contributed by atoms with Crippen LogP contribution in [0, 0.1) is 0 Å². The molecule has 0 saturated carbocycles. The van der Waals surface area contributed by atoms with Crippen molar-refractivity contribution in [3.05, 3.63) is 182 Å². The zero-order chi connectivity index (χ0) is 36.7. The van der Waals surface area contributed by atoms with Gasteiger partial charge < -0.3 is 4.40 Å². The van der Waals surface area contributed by atoms with Gasteiger partial charge in [-0.1, -0.05) is 152 Å². The van der Waals surface area contributed by atoms with Crippen molar-refractivity contribution in [2.45, 2.75) is 0 Å². The standard InChI is InChI=1S/C51H30N4S/c1-3-11-31(12-4-1)35-15-9-16-37(29-35)51-53-49(33-13-5-2-6-14-33)52-50(54-51)34-23-21-32(22-24-34)36-25-26-39-40-18-10-20-44-46(40)47-45(56-44)28-27-41-38-17-7-8-19-42(38)55(48(41)47)43(39)30-36/h1-30H. The van der Waals surface area contributed by atoms with Crippen LogP contribution in [0.1, 0.15) is 0 Å². The Morgan fingerprint density at radius 1 is 0.321 bits per heavy atom. The average Bonchev–Trinajstić information content (AvgIpc) is 3.79. The first kappa shape index (κ1) is 31.2. The Bertz CT molecular complexity index is 3460. The van der Waals surface area contributed by atoms with E-state index >= 15 is 0 Å². The number of rotatable bonds is 5. The first-order chi connectivity index (χ1) is 27.7. The molecule has 12 aromatic rings. The van der Waals surface area contributed by atoms with E-state index in [2.05, 4.69) is 150 Å². The molecule has 0 aliphatic carbocycles. The van der Waals surface area contributed by atoms with Gasteiger partial charge in [0.15, 0.2) is 17.5 Å². The Hall–Kier alpha value is -7.21. The van der Waals surface area contributed by atoms with Crippen LogP contribution in [-0.4, -0.2) is 19.4 Å². The monoisotopic (exact) mass is 730 g/mol. The third kappa shape index (κ3) is 4.75. The van der Waals surface area contributed by atoms with Gasteiger partial charge in [0.05, 0.1) is 16.6 Å². The number of hydrogen-bond donors (Lipinski definition) is 0. The highest BCUT2D eigenvalue weighted by atomic mass is 32.1. The normalized spacial score (nSPS) is 11.9. The first-order valence-electron chi connectivity index (χ1n) is 18.9. The minimum absolute atomic E-state index is 0.640. The molecule has 0 amide bonds. The van der Waals surface area contributed by atoms with Crippen molar-refractivity contribution >= 4 is 69.6 Å². The lowest BCUT2D eigenvalue weighted by Gasteiger charge is -2.10. The highest BCUT2D eigenvalue weighted by Gasteiger charge is 2.21. The molecule has 0 N–H and O–H groups in total. The molecular formula is C51H30N4S. The molecule has 0 spiro atoms. The largest absolute Gasteiger partial charge is 0.308 e. The fraction of sp³-hybridized carbons (Fsp3) is 0. The maximum Gasteiger partial charge on any atom is 0.164 e. The number of thiophene rings is 1. The lowest BCUT2D eigenvalue weighted by molar-refractivity contribution is 1.07. The molecule has 0 unspecified atom stereocenters. The van der Waals surface area contributed by atoms with Crippen LogP contribution >= 0.6 is 11.3 Å². The van der Waals surface area contributed by atoms with Gasteiger partial charge in [0.25, 0.3) is 0 Å². The predicted molar refractivity (Wildman–Crippen MR) is 235 cm³/mol. The van der Waals surface area contributed by atoms with Crippen molar-refractivity contribution < 1.29 is 0 Å². The van der Waals surface area contributed by atoms with E-state index < -0.39 is 0 Å². The van der Waals surface area contributed by atoms with Crippen molar-refractivity contribution in [2.24, 2.45) is 0 Å². The molecule has 260 valence electrons. The third-order valence-electron chi connectivity index (χ3n) is 11.2. The third-order valence-corrected chi connectivity index (χ3v) is 12.3. The molecule has 0 aliphatic rings. The van der Waals surface area contributed by atoms with E-state index in [0.717, 1.165) is 38.9 Å². The van der Waals surface area contributed by atoms with Crippen molar-refractivity contribution in [1.82, 2.24) is 19.4 Å². The van der Waals surface area contributed by atoms with Crippen molar-refractivity contribution in [3.8, 4) is 56.4 Å². The van der Waals surface area contributed by atoms with E-state index in [-0.39, 0.29) is 0 Å². The summed E-state index contributed by atoms with van der Waals surface area (Å²) in [5.41, 5.74) is 11.1. The molecule has 56 heavy (non-hydrogen) atoms. The number of para-hydroxylation sites is 1. The van der Waals surface area contributed by atoms with Gasteiger partial charge in [-0.05, 0) is 58.0 Å². The quantitative estimate of drug-likeness (QED) is 0.177. The van der Waals surface area contributed by atoms with Gasteiger partial charge in [-0.15, -0.1) is 11.3 Å². The Kier molecular flexibility index (Phi) is 6.76. The summed E-state index contributed by atoms with van der Waals surface area (Å²) in [6.07, 6.45) is 0. The minimum Gasteiger partial charge on any atom is -0.308 e. The Morgan fingerprint density at radius 3 is 1.64 bits per heavy atom. The van der Waals surface area contributed by atoms with Crippen LogP contribution in [0.5, 0.6) is 0 Å². The maximum absolute atomic E-state index is 5.08. The molecule has 0 atom stereocenters. The number of hydrogen-bond acceptors (Lipinski definition) is 4. The van der Waals surface area contributed by atoms with Crippen LogP contribution in [-0.2, 0) is 0 Å². The fourth-order valence-electron chi connectivity index (χ4n) is 8.59. The molecule has 0 fully saturated rings. The molecule has 0 bridgehead atoms. The van der Waals surface area contributed by atoms with Crippen LogP contribution in [0.4, 0.5) is 0 Å². The lowest BCUT2D eigenvalue weighted by atomic mass is 10.00. The van der Waals surface area contributed by atoms with Crippen molar-refractivity contribution in [3.63, 3.8) is 0 Å². The highest BCUT2D eigenvalue weighted by Crippen LogP contribution is 2.46. The van der Waals surface area contributed by atoms with Crippen LogP contribution in [0.15, 0.2) is 182 Å². The zero-order valence-electron chi connectivity index (χ0n) is 30.0. The number of benzene rings is 8. The minimum atomic E-state index is 0.640. The highest BCUT2D eigenvalue weighted by molar-refractivity contribution is 7.26. The molecule has 12 rings (SSSR count). The summed E-state index contributed by atoms with van der Waals surface area (Å²) in [6, 6.07) is 64.8. The van der Waals surface area contributed by atoms with Crippen LogP contribution in [0.2, 0.25) is 0 Å². The molecule has 4 aromatic heterocycles. The molecule has 0 radical (unpaired) electrons. The van der Waals surface area contributed by atoms with E-state index in [4.69, 9.17) is 15.0 Å². The van der Waals surface area contributed by atoms with Gasteiger partial charge in [-0.3, -0.25) is 0 Å². The van der Waals surface area contributed by atoms with Gasteiger partial charge >= 0.3 is 0 Å². The van der Waals surface area contributed by atoms with Gasteiger partial charge in [0, 0.05) is 53.0 Å². The SMILES string of the molecule is c1ccc(-c2cccc(-c3nc(-c4ccccc4)nc(-c4ccc(-c5ccc6c7cccc8sc9ccc%10c%11ccccc%11n(c6c5)c%10c9c87)cc4)n3)c2)cc1. The first-order valence-corrected chi connectivity index (χ1v) is 19.7. The molecule has 4 heterocycles. The van der Waals surface area contributed by atoms with E-state index in [1.165, 1.54) is 58.3 Å². The number of nitrogens with zero attached hydrogens (tertiary/aromatic N) is 4. The fourth-order valence-corrected chi connectivity index (χ4v) is 9.72. The smallest absolute Gasteiger partial charge is 0.164 e. The molecule has 0 saturated heterocycles. The molecule has 8 aromatic carbocycles. The Morgan fingerprint density at radius 2 is 0.839 bits per heavy atom. The van der Waals surface area contributed by atoms with E-state index in [9.17, 15) is 0 Å². The summed E-state index contributed by atoms with van der Waals surface area (Å²) in [4.78, 5) is 15.1. The van der Waals surface area contributed by atoms with Crippen LogP contribution < -0.4 is 0 Å². The molecule has 4 nitrogen and oxygen atoms in total. The zero-order valence-corrected chi connectivity index (χ0v) is 30.8.